The number of ether oxygens (including phenoxy) is 2. The molecule has 0 bridgehead atoms. The fourth-order valence-corrected chi connectivity index (χ4v) is 1.40. The summed E-state index contributed by atoms with van der Waals surface area (Å²) in [6, 6.07) is 2.56. The van der Waals surface area contributed by atoms with E-state index in [1.807, 2.05) is 0 Å². The fourth-order valence-electron chi connectivity index (χ4n) is 1.40. The van der Waals surface area contributed by atoms with Crippen LogP contribution in [0.25, 0.3) is 6.08 Å². The molecule has 96 valence electrons. The summed E-state index contributed by atoms with van der Waals surface area (Å²) >= 11 is 0. The highest BCUT2D eigenvalue weighted by Gasteiger charge is 2.21. The molecular weight excluding hydrogens is 244 g/mol. The van der Waals surface area contributed by atoms with E-state index in [1.165, 1.54) is 26.4 Å². The van der Waals surface area contributed by atoms with Crippen LogP contribution < -0.4 is 9.47 Å². The van der Waals surface area contributed by atoms with E-state index in [2.05, 4.69) is 0 Å². The van der Waals surface area contributed by atoms with Crippen molar-refractivity contribution in [3.63, 3.8) is 0 Å². The standard InChI is InChI=1S/C10H10N2O6/c1-17-9-4-3-8(12(15)16)7(10(9)18-2)5-6-11(13)14/h3-6H,1-2H3/b6-5+. The Morgan fingerprint density at radius 2 is 1.83 bits per heavy atom. The summed E-state index contributed by atoms with van der Waals surface area (Å²) in [6.45, 7) is 0. The third-order valence-electron chi connectivity index (χ3n) is 2.12. The number of benzene rings is 1. The van der Waals surface area contributed by atoms with Crippen LogP contribution >= 0.6 is 0 Å². The molecule has 8 nitrogen and oxygen atoms in total. The van der Waals surface area contributed by atoms with Crippen molar-refractivity contribution in [3.8, 4) is 11.5 Å². The molecule has 0 heterocycles. The molecule has 0 N–H and O–H groups in total. The van der Waals surface area contributed by atoms with Crippen molar-refractivity contribution >= 4 is 11.8 Å². The maximum Gasteiger partial charge on any atom is 0.280 e. The van der Waals surface area contributed by atoms with E-state index >= 15 is 0 Å². The molecule has 0 saturated carbocycles. The van der Waals surface area contributed by atoms with Crippen LogP contribution in [0.15, 0.2) is 18.3 Å². The molecule has 18 heavy (non-hydrogen) atoms. The van der Waals surface area contributed by atoms with Crippen LogP contribution in [0.2, 0.25) is 0 Å². The molecule has 1 aromatic carbocycles. The smallest absolute Gasteiger partial charge is 0.280 e. The second-order valence-electron chi connectivity index (χ2n) is 3.09. The number of nitrogens with zero attached hydrogens (tertiary/aromatic N) is 2. The zero-order valence-corrected chi connectivity index (χ0v) is 9.65. The van der Waals surface area contributed by atoms with Gasteiger partial charge in [-0.25, -0.2) is 0 Å². The predicted molar refractivity (Wildman–Crippen MR) is 62.2 cm³/mol. The van der Waals surface area contributed by atoms with Gasteiger partial charge in [0.05, 0.1) is 24.1 Å². The van der Waals surface area contributed by atoms with Crippen LogP contribution in [0.5, 0.6) is 11.5 Å². The average Bonchev–Trinajstić information content (AvgIpc) is 2.34. The largest absolute Gasteiger partial charge is 0.493 e. The Balaban J connectivity index is 3.47. The maximum atomic E-state index is 10.8. The molecule has 1 rings (SSSR count). The molecule has 0 spiro atoms. The topological polar surface area (TPSA) is 105 Å². The molecule has 0 unspecified atom stereocenters. The molecule has 0 atom stereocenters. The second-order valence-corrected chi connectivity index (χ2v) is 3.09. The van der Waals surface area contributed by atoms with E-state index in [0.717, 1.165) is 6.08 Å². The Morgan fingerprint density at radius 3 is 2.28 bits per heavy atom. The molecular formula is C10H10N2O6. The zero-order valence-electron chi connectivity index (χ0n) is 9.65. The number of nitro groups is 2. The molecule has 0 fully saturated rings. The highest BCUT2D eigenvalue weighted by molar-refractivity contribution is 5.70. The molecule has 8 heteroatoms. The number of hydrogen-bond donors (Lipinski definition) is 0. The first-order chi connectivity index (χ1) is 8.51. The Labute approximate surface area is 102 Å². The number of methoxy groups -OCH3 is 2. The highest BCUT2D eigenvalue weighted by atomic mass is 16.6. The van der Waals surface area contributed by atoms with Crippen molar-refractivity contribution in [3.05, 3.63) is 44.1 Å². The molecule has 0 aliphatic carbocycles. The molecule has 0 aliphatic heterocycles. The van der Waals surface area contributed by atoms with Gasteiger partial charge in [-0.3, -0.25) is 20.2 Å². The van der Waals surface area contributed by atoms with Gasteiger partial charge in [0, 0.05) is 12.1 Å². The van der Waals surface area contributed by atoms with E-state index in [9.17, 15) is 20.2 Å². The molecule has 0 aromatic heterocycles. The summed E-state index contributed by atoms with van der Waals surface area (Å²) in [4.78, 5) is 19.8. The Morgan fingerprint density at radius 1 is 1.17 bits per heavy atom. The van der Waals surface area contributed by atoms with Crippen LogP contribution in [0.3, 0.4) is 0 Å². The minimum absolute atomic E-state index is 0.0152. The number of rotatable bonds is 5. The molecule has 0 saturated heterocycles. The van der Waals surface area contributed by atoms with Crippen molar-refractivity contribution < 1.29 is 19.3 Å². The molecule has 1 aromatic rings. The first-order valence-corrected chi connectivity index (χ1v) is 4.72. The monoisotopic (exact) mass is 254 g/mol. The molecule has 0 amide bonds. The lowest BCUT2D eigenvalue weighted by molar-refractivity contribution is -0.401. The van der Waals surface area contributed by atoms with Gasteiger partial charge >= 0.3 is 0 Å². The maximum absolute atomic E-state index is 10.8. The van der Waals surface area contributed by atoms with Crippen LogP contribution in [0.1, 0.15) is 5.56 Å². The van der Waals surface area contributed by atoms with E-state index in [4.69, 9.17) is 9.47 Å². The van der Waals surface area contributed by atoms with Gasteiger partial charge in [0.25, 0.3) is 5.69 Å². The normalized spacial score (nSPS) is 10.3. The molecule has 0 radical (unpaired) electrons. The van der Waals surface area contributed by atoms with Gasteiger partial charge in [-0.2, -0.15) is 0 Å². The predicted octanol–water partition coefficient (Wildman–Crippen LogP) is 1.86. The first-order valence-electron chi connectivity index (χ1n) is 4.72. The third-order valence-corrected chi connectivity index (χ3v) is 2.12. The SMILES string of the molecule is COc1ccc([N+](=O)[O-])c(/C=C/[N+](=O)[O-])c1OC. The lowest BCUT2D eigenvalue weighted by Crippen LogP contribution is -1.98. The van der Waals surface area contributed by atoms with Crippen molar-refractivity contribution in [1.29, 1.82) is 0 Å². The van der Waals surface area contributed by atoms with Crippen LogP contribution in [-0.2, 0) is 0 Å². The van der Waals surface area contributed by atoms with E-state index in [1.54, 1.807) is 0 Å². The summed E-state index contributed by atoms with van der Waals surface area (Å²) in [5.41, 5.74) is -0.315. The summed E-state index contributed by atoms with van der Waals surface area (Å²) in [7, 11) is 2.66. The zero-order chi connectivity index (χ0) is 13.7. The van der Waals surface area contributed by atoms with Gasteiger partial charge < -0.3 is 9.47 Å². The Bertz CT molecular complexity index is 511. The van der Waals surface area contributed by atoms with E-state index in [0.29, 0.717) is 6.20 Å². The van der Waals surface area contributed by atoms with Crippen LogP contribution in [0.4, 0.5) is 5.69 Å². The molecule has 0 aliphatic rings. The van der Waals surface area contributed by atoms with Gasteiger partial charge in [-0.05, 0) is 6.07 Å². The van der Waals surface area contributed by atoms with Crippen molar-refractivity contribution in [1.82, 2.24) is 0 Å². The second kappa shape index (κ2) is 5.62. The van der Waals surface area contributed by atoms with Gasteiger partial charge in [-0.1, -0.05) is 0 Å². The van der Waals surface area contributed by atoms with Gasteiger partial charge in [0.2, 0.25) is 6.20 Å². The summed E-state index contributed by atoms with van der Waals surface area (Å²) < 4.78 is 9.95. The van der Waals surface area contributed by atoms with E-state index < -0.39 is 9.85 Å². The summed E-state index contributed by atoms with van der Waals surface area (Å²) in [5, 5.41) is 21.1. The van der Waals surface area contributed by atoms with Gasteiger partial charge in [0.15, 0.2) is 11.5 Å². The Hall–Kier alpha value is -2.64. The highest BCUT2D eigenvalue weighted by Crippen LogP contribution is 2.37. The quantitative estimate of drug-likeness (QED) is 0.586. The van der Waals surface area contributed by atoms with Gasteiger partial charge in [0.1, 0.15) is 5.56 Å². The average molecular weight is 254 g/mol. The first kappa shape index (κ1) is 13.4. The van der Waals surface area contributed by atoms with E-state index in [-0.39, 0.29) is 22.7 Å². The lowest BCUT2D eigenvalue weighted by Gasteiger charge is -2.09. The Kier molecular flexibility index (Phi) is 4.19. The number of nitro benzene ring substituents is 1. The van der Waals surface area contributed by atoms with Crippen LogP contribution in [-0.4, -0.2) is 24.1 Å². The number of hydrogen-bond acceptors (Lipinski definition) is 6. The van der Waals surface area contributed by atoms with Crippen molar-refractivity contribution in [2.24, 2.45) is 0 Å². The minimum atomic E-state index is -0.720. The van der Waals surface area contributed by atoms with Crippen molar-refractivity contribution in [2.75, 3.05) is 14.2 Å². The lowest BCUT2D eigenvalue weighted by atomic mass is 10.1. The van der Waals surface area contributed by atoms with Gasteiger partial charge in [-0.15, -0.1) is 0 Å². The summed E-state index contributed by atoms with van der Waals surface area (Å²) in [6.07, 6.45) is 1.60. The third kappa shape index (κ3) is 2.73. The fraction of sp³-hybridized carbons (Fsp3) is 0.200. The van der Waals surface area contributed by atoms with Crippen molar-refractivity contribution in [2.45, 2.75) is 0 Å². The van der Waals surface area contributed by atoms with Crippen LogP contribution in [0, 0.1) is 20.2 Å². The summed E-state index contributed by atoms with van der Waals surface area (Å²) in [5.74, 6) is 0.330. The minimum Gasteiger partial charge on any atom is -0.493 e.